The number of rotatable bonds is 18. The molecule has 2 saturated carbocycles. The van der Waals surface area contributed by atoms with E-state index in [1.165, 1.54) is 52.1 Å². The van der Waals surface area contributed by atoms with Crippen molar-refractivity contribution in [3.8, 4) is 0 Å². The molecule has 0 spiro atoms. The van der Waals surface area contributed by atoms with Crippen LogP contribution < -0.4 is 5.73 Å². The smallest absolute Gasteiger partial charge is 0.326 e. The van der Waals surface area contributed by atoms with E-state index in [1.807, 2.05) is 19.9 Å². The Morgan fingerprint density at radius 3 is 2.12 bits per heavy atom. The second-order valence-corrected chi connectivity index (χ2v) is 15.5. The molecule has 0 bridgehead atoms. The van der Waals surface area contributed by atoms with Gasteiger partial charge in [-0.05, 0) is 24.5 Å². The number of nitrogens with two attached hydrogens (primary N) is 1. The summed E-state index contributed by atoms with van der Waals surface area (Å²) in [4.78, 5) is 40.5. The average Bonchev–Trinajstić information content (AvgIpc) is 3.48. The van der Waals surface area contributed by atoms with E-state index in [4.69, 9.17) is 19.9 Å². The van der Waals surface area contributed by atoms with Crippen molar-refractivity contribution in [3.05, 3.63) is 23.3 Å². The van der Waals surface area contributed by atoms with Crippen LogP contribution in [-0.4, -0.2) is 82.3 Å². The maximum absolute atomic E-state index is 13.7. The minimum Gasteiger partial charge on any atom is -0.458 e. The van der Waals surface area contributed by atoms with Crippen LogP contribution in [0.2, 0.25) is 0 Å². The van der Waals surface area contributed by atoms with Gasteiger partial charge >= 0.3 is 11.9 Å². The Bertz CT molecular complexity index is 1240. The second kappa shape index (κ2) is 15.4. The molecule has 0 aromatic heterocycles. The monoisotopic (exact) mass is 675 g/mol. The summed E-state index contributed by atoms with van der Waals surface area (Å²) in [5.74, 6) is -4.42. The van der Waals surface area contributed by atoms with Gasteiger partial charge in [0.1, 0.15) is 17.7 Å². The van der Waals surface area contributed by atoms with Gasteiger partial charge in [0.05, 0.1) is 18.8 Å². The number of hydrogen-bond acceptors (Lipinski definition) is 10. The Balaban J connectivity index is 1.58. The van der Waals surface area contributed by atoms with E-state index in [-0.39, 0.29) is 25.2 Å². The minimum atomic E-state index is -1.67. The number of aliphatic hydroxyl groups is 3. The summed E-state index contributed by atoms with van der Waals surface area (Å²) in [5, 5.41) is 33.1. The molecule has 0 saturated heterocycles. The second-order valence-electron chi connectivity index (χ2n) is 15.5. The molecule has 10 nitrogen and oxygen atoms in total. The number of hydrogen-bond donors (Lipinski definition) is 4. The van der Waals surface area contributed by atoms with Crippen LogP contribution in [0.4, 0.5) is 0 Å². The molecule has 0 amide bonds. The van der Waals surface area contributed by atoms with Gasteiger partial charge in [-0.25, -0.2) is 0 Å². The summed E-state index contributed by atoms with van der Waals surface area (Å²) in [6, 6.07) is -1.29. The van der Waals surface area contributed by atoms with Crippen LogP contribution in [0.1, 0.15) is 118 Å². The van der Waals surface area contributed by atoms with Gasteiger partial charge in [0.15, 0.2) is 11.4 Å². The zero-order valence-corrected chi connectivity index (χ0v) is 30.1. The predicted octanol–water partition coefficient (Wildman–Crippen LogP) is 4.71. The van der Waals surface area contributed by atoms with E-state index in [0.29, 0.717) is 17.6 Å². The van der Waals surface area contributed by atoms with Crippen LogP contribution in [-0.2, 0) is 28.6 Å². The number of ketones is 1. The molecule has 48 heavy (non-hydrogen) atoms. The van der Waals surface area contributed by atoms with Gasteiger partial charge in [0, 0.05) is 49.0 Å². The maximum Gasteiger partial charge on any atom is 0.326 e. The largest absolute Gasteiger partial charge is 0.458 e. The Morgan fingerprint density at radius 1 is 1.00 bits per heavy atom. The van der Waals surface area contributed by atoms with Crippen molar-refractivity contribution in [1.82, 2.24) is 0 Å². The van der Waals surface area contributed by atoms with Gasteiger partial charge in [-0.15, -0.1) is 0 Å². The summed E-state index contributed by atoms with van der Waals surface area (Å²) in [7, 11) is 1.44. The highest BCUT2D eigenvalue weighted by Crippen LogP contribution is 2.77. The maximum atomic E-state index is 13.7. The number of unbranched alkanes of at least 4 members (excludes halogenated alkanes) is 10. The zero-order valence-electron chi connectivity index (χ0n) is 30.1. The molecule has 10 heteroatoms. The van der Waals surface area contributed by atoms with Gasteiger partial charge in [-0.1, -0.05) is 104 Å². The molecule has 0 aromatic carbocycles. The first-order valence-electron chi connectivity index (χ1n) is 18.3. The third kappa shape index (κ3) is 6.57. The van der Waals surface area contributed by atoms with Gasteiger partial charge in [0.2, 0.25) is 0 Å². The summed E-state index contributed by atoms with van der Waals surface area (Å²) >= 11 is 0. The number of aliphatic hydroxyl groups excluding tert-OH is 2. The van der Waals surface area contributed by atoms with Crippen LogP contribution in [0.3, 0.4) is 0 Å². The van der Waals surface area contributed by atoms with Crippen molar-refractivity contribution in [2.75, 3.05) is 20.3 Å². The first-order valence-corrected chi connectivity index (χ1v) is 18.3. The first-order chi connectivity index (χ1) is 22.7. The Kier molecular flexibility index (Phi) is 12.4. The summed E-state index contributed by atoms with van der Waals surface area (Å²) in [5.41, 5.74) is 1.61. The predicted molar refractivity (Wildman–Crippen MR) is 181 cm³/mol. The van der Waals surface area contributed by atoms with E-state index in [0.717, 1.165) is 19.3 Å². The number of ether oxygens (including phenoxy) is 3. The Hall–Kier alpha value is -2.11. The van der Waals surface area contributed by atoms with Crippen LogP contribution >= 0.6 is 0 Å². The first kappa shape index (κ1) is 38.7. The summed E-state index contributed by atoms with van der Waals surface area (Å²) in [6.07, 6.45) is 15.4. The fourth-order valence-electron chi connectivity index (χ4n) is 9.54. The molecule has 0 radical (unpaired) electrons. The molecule has 4 aliphatic rings. The molecule has 9 atom stereocenters. The quantitative estimate of drug-likeness (QED) is 0.0909. The van der Waals surface area contributed by atoms with E-state index >= 15 is 0 Å². The van der Waals surface area contributed by atoms with Gasteiger partial charge in [0.25, 0.3) is 0 Å². The normalized spacial score (nSPS) is 35.4. The lowest BCUT2D eigenvalue weighted by Gasteiger charge is -2.53. The minimum absolute atomic E-state index is 0.0848. The molecule has 0 unspecified atom stereocenters. The number of fused-ring (bicyclic) bond motifs is 5. The topological polar surface area (TPSA) is 166 Å². The number of esters is 2. The molecule has 272 valence electrons. The van der Waals surface area contributed by atoms with E-state index in [1.54, 1.807) is 19.9 Å². The number of carbonyl (C=O) groups is 3. The lowest BCUT2D eigenvalue weighted by atomic mass is 9.59. The highest BCUT2D eigenvalue weighted by molar-refractivity contribution is 6.05. The van der Waals surface area contributed by atoms with Crippen molar-refractivity contribution in [2.45, 2.75) is 147 Å². The molecule has 4 rings (SSSR count). The summed E-state index contributed by atoms with van der Waals surface area (Å²) in [6.45, 7) is 8.52. The van der Waals surface area contributed by atoms with Crippen molar-refractivity contribution in [1.29, 1.82) is 0 Å². The van der Waals surface area contributed by atoms with Crippen LogP contribution in [0.25, 0.3) is 0 Å². The van der Waals surface area contributed by atoms with E-state index in [9.17, 15) is 29.7 Å². The fourth-order valence-corrected chi connectivity index (χ4v) is 9.54. The highest BCUT2D eigenvalue weighted by Gasteiger charge is 2.88. The zero-order chi connectivity index (χ0) is 35.5. The SMILES string of the molecule is CCCCCCCCCCCCCC(=O)O[C@@H]1[C@@H](C)[C@@]2(O)[C@@H](C=C(CO)C[C@]3(OC)C(=O)C(C)=C[C@@H]23)[C@@H]2C(C)(C)[C@]12OC(=O)[C@@H](N)CO. The fraction of sp³-hybridized carbons (Fsp3) is 0.816. The van der Waals surface area contributed by atoms with Gasteiger partial charge < -0.3 is 35.3 Å². The third-order valence-corrected chi connectivity index (χ3v) is 12.3. The van der Waals surface area contributed by atoms with Crippen molar-refractivity contribution in [2.24, 2.45) is 34.8 Å². The standard InChI is InChI=1S/C38H61NO9/c1-7-8-9-10-11-12-13-14-15-16-17-18-30(42)47-33-25(3)37(45)27(31-35(4,5)38(31,33)48-34(44)28(39)23-41)20-26(22-40)21-36(46-6)29(37)19-24(2)32(36)43/h19-20,25,27-29,31,33,40-41,45H,7-18,21-23,39H2,1-6H3/t25-,27+,28+,29-,31-,33-,36-,37-,38-/m1/s1. The molecular formula is C38H61NO9. The van der Waals surface area contributed by atoms with Gasteiger partial charge in [-0.2, -0.15) is 0 Å². The van der Waals surface area contributed by atoms with E-state index in [2.05, 4.69) is 6.92 Å². The molecule has 2 fully saturated rings. The molecule has 4 aliphatic carbocycles. The lowest BCUT2D eigenvalue weighted by molar-refractivity contribution is -0.231. The molecule has 0 aromatic rings. The molecule has 0 heterocycles. The van der Waals surface area contributed by atoms with Crippen LogP contribution in [0.5, 0.6) is 0 Å². The Morgan fingerprint density at radius 2 is 1.58 bits per heavy atom. The van der Waals surface area contributed by atoms with Crippen LogP contribution in [0.15, 0.2) is 23.3 Å². The number of methoxy groups -OCH3 is 1. The van der Waals surface area contributed by atoms with Crippen molar-refractivity contribution < 1.29 is 43.9 Å². The van der Waals surface area contributed by atoms with E-state index < -0.39 is 76.6 Å². The number of carbonyl (C=O) groups excluding carboxylic acids is 3. The molecular weight excluding hydrogens is 614 g/mol. The number of Topliss-reactive ketones (excluding diaryl/α,β-unsaturated/α-hetero) is 1. The third-order valence-electron chi connectivity index (χ3n) is 12.3. The Labute approximate surface area is 286 Å². The lowest BCUT2D eigenvalue weighted by Crippen LogP contribution is -2.66. The van der Waals surface area contributed by atoms with Gasteiger partial charge in [-0.3, -0.25) is 14.4 Å². The highest BCUT2D eigenvalue weighted by atomic mass is 16.6. The van der Waals surface area contributed by atoms with Crippen molar-refractivity contribution >= 4 is 17.7 Å². The molecule has 5 N–H and O–H groups in total. The average molecular weight is 676 g/mol. The molecule has 0 aliphatic heterocycles. The van der Waals surface area contributed by atoms with Crippen molar-refractivity contribution in [3.63, 3.8) is 0 Å². The summed E-state index contributed by atoms with van der Waals surface area (Å²) < 4.78 is 18.5. The van der Waals surface area contributed by atoms with Crippen LogP contribution in [0, 0.1) is 29.1 Å².